The average molecular weight is 391 g/mol. The summed E-state index contributed by atoms with van der Waals surface area (Å²) in [5.41, 5.74) is 3.26. The number of carbonyl (C=O) groups is 1. The smallest absolute Gasteiger partial charge is 0.317 e. The normalized spacial score (nSPS) is 18.6. The van der Waals surface area contributed by atoms with E-state index in [0.29, 0.717) is 10.7 Å². The van der Waals surface area contributed by atoms with E-state index < -0.39 is 5.92 Å². The Balaban J connectivity index is 1.92. The van der Waals surface area contributed by atoms with Crippen LogP contribution in [-0.2, 0) is 9.53 Å². The zero-order chi connectivity index (χ0) is 19.5. The predicted molar refractivity (Wildman–Crippen MR) is 112 cm³/mol. The summed E-state index contributed by atoms with van der Waals surface area (Å²) in [6, 6.07) is 26.7. The number of nitrogens with zero attached hydrogens (tertiary/aromatic N) is 2. The quantitative estimate of drug-likeness (QED) is 0.582. The number of esters is 1. The van der Waals surface area contributed by atoms with Crippen LogP contribution in [0.4, 0.5) is 5.69 Å². The van der Waals surface area contributed by atoms with Gasteiger partial charge in [-0.3, -0.25) is 9.80 Å². The topological polar surface area (TPSA) is 41.9 Å². The van der Waals surface area contributed by atoms with E-state index in [2.05, 4.69) is 0 Å². The lowest BCUT2D eigenvalue weighted by molar-refractivity contribution is -0.143. The molecule has 0 amide bonds. The van der Waals surface area contributed by atoms with Crippen LogP contribution in [0.2, 0.25) is 5.02 Å². The predicted octanol–water partition coefficient (Wildman–Crippen LogP) is 5.09. The molecule has 0 saturated heterocycles. The maximum Gasteiger partial charge on any atom is 0.317 e. The Bertz CT molecular complexity index is 1010. The van der Waals surface area contributed by atoms with Crippen LogP contribution >= 0.6 is 11.6 Å². The zero-order valence-corrected chi connectivity index (χ0v) is 16.1. The minimum Gasteiger partial charge on any atom is -0.468 e. The molecule has 0 unspecified atom stereocenters. The molecule has 1 aliphatic rings. The van der Waals surface area contributed by atoms with Crippen molar-refractivity contribution >= 4 is 29.0 Å². The van der Waals surface area contributed by atoms with Crippen molar-refractivity contribution < 1.29 is 9.53 Å². The van der Waals surface area contributed by atoms with Gasteiger partial charge in [0.15, 0.2) is 0 Å². The summed E-state index contributed by atoms with van der Waals surface area (Å²) in [4.78, 5) is 12.9. The van der Waals surface area contributed by atoms with Gasteiger partial charge in [-0.15, -0.1) is 0 Å². The summed E-state index contributed by atoms with van der Waals surface area (Å²) in [6.07, 6.45) is 0. The number of hydrogen-bond acceptors (Lipinski definition) is 4. The summed E-state index contributed by atoms with van der Waals surface area (Å²) in [5, 5.41) is 7.27. The second-order valence-electron chi connectivity index (χ2n) is 6.50. The molecule has 3 aromatic carbocycles. The number of ether oxygens (including phenoxy) is 1. The third-order valence-electron chi connectivity index (χ3n) is 4.85. The maximum atomic E-state index is 12.9. The lowest BCUT2D eigenvalue weighted by atomic mass is 9.87. The lowest BCUT2D eigenvalue weighted by Gasteiger charge is -2.28. The van der Waals surface area contributed by atoms with Crippen LogP contribution < -0.4 is 5.01 Å². The molecule has 0 fully saturated rings. The third-order valence-corrected chi connectivity index (χ3v) is 5.17. The Morgan fingerprint density at radius 3 is 2.18 bits per heavy atom. The van der Waals surface area contributed by atoms with Gasteiger partial charge in [0, 0.05) is 0 Å². The Labute approximate surface area is 169 Å². The van der Waals surface area contributed by atoms with Crippen molar-refractivity contribution in [1.82, 2.24) is 0 Å². The minimum absolute atomic E-state index is 0.328. The van der Waals surface area contributed by atoms with Gasteiger partial charge < -0.3 is 4.74 Å². The second kappa shape index (κ2) is 7.87. The van der Waals surface area contributed by atoms with Crippen LogP contribution in [0.3, 0.4) is 0 Å². The van der Waals surface area contributed by atoms with E-state index in [4.69, 9.17) is 21.4 Å². The SMILES string of the molecule is COC(=O)[C@H]1C(c2ccccc2)=NN(c2ccccc2Cl)[C@@H]1c1ccccc1. The van der Waals surface area contributed by atoms with Crippen molar-refractivity contribution in [1.29, 1.82) is 0 Å². The van der Waals surface area contributed by atoms with Crippen molar-refractivity contribution in [3.63, 3.8) is 0 Å². The summed E-state index contributed by atoms with van der Waals surface area (Å²) in [5.74, 6) is -0.905. The van der Waals surface area contributed by atoms with Gasteiger partial charge in [0.1, 0.15) is 5.92 Å². The number of hydrazone groups is 1. The molecule has 0 bridgehead atoms. The molecule has 0 radical (unpaired) electrons. The Hall–Kier alpha value is -3.11. The molecule has 4 nitrogen and oxygen atoms in total. The number of halogens is 1. The highest BCUT2D eigenvalue weighted by Gasteiger charge is 2.45. The van der Waals surface area contributed by atoms with E-state index in [0.717, 1.165) is 16.8 Å². The number of para-hydroxylation sites is 1. The highest BCUT2D eigenvalue weighted by molar-refractivity contribution is 6.33. The molecule has 1 aliphatic heterocycles. The number of rotatable bonds is 4. The van der Waals surface area contributed by atoms with Crippen LogP contribution in [-0.4, -0.2) is 18.8 Å². The van der Waals surface area contributed by atoms with Gasteiger partial charge in [0.05, 0.1) is 29.6 Å². The fraction of sp³-hybridized carbons (Fsp3) is 0.130. The Morgan fingerprint density at radius 1 is 0.929 bits per heavy atom. The molecule has 3 aromatic rings. The molecule has 0 aliphatic carbocycles. The van der Waals surface area contributed by atoms with E-state index in [9.17, 15) is 4.79 Å². The molecule has 0 N–H and O–H groups in total. The fourth-order valence-electron chi connectivity index (χ4n) is 3.57. The van der Waals surface area contributed by atoms with Crippen molar-refractivity contribution in [2.24, 2.45) is 11.0 Å². The number of benzene rings is 3. The van der Waals surface area contributed by atoms with E-state index in [1.54, 1.807) is 0 Å². The van der Waals surface area contributed by atoms with Gasteiger partial charge in [-0.25, -0.2) is 0 Å². The van der Waals surface area contributed by atoms with Crippen LogP contribution in [0.1, 0.15) is 17.2 Å². The minimum atomic E-state index is -0.578. The summed E-state index contributed by atoms with van der Waals surface area (Å²) in [7, 11) is 1.41. The molecular formula is C23H19ClN2O2. The van der Waals surface area contributed by atoms with Crippen LogP contribution in [0.25, 0.3) is 0 Å². The largest absolute Gasteiger partial charge is 0.468 e. The lowest BCUT2D eigenvalue weighted by Crippen LogP contribution is -2.32. The number of anilines is 1. The van der Waals surface area contributed by atoms with Crippen molar-refractivity contribution in [2.75, 3.05) is 12.1 Å². The molecule has 5 heteroatoms. The molecule has 0 aromatic heterocycles. The second-order valence-corrected chi connectivity index (χ2v) is 6.91. The first kappa shape index (κ1) is 18.3. The Morgan fingerprint density at radius 2 is 1.54 bits per heavy atom. The van der Waals surface area contributed by atoms with Gasteiger partial charge in [-0.05, 0) is 23.3 Å². The molecule has 0 saturated carbocycles. The molecule has 140 valence electrons. The van der Waals surface area contributed by atoms with Crippen LogP contribution in [0.15, 0.2) is 90.0 Å². The Kier molecular flexibility index (Phi) is 5.13. The van der Waals surface area contributed by atoms with E-state index >= 15 is 0 Å². The fourth-order valence-corrected chi connectivity index (χ4v) is 3.79. The first-order valence-electron chi connectivity index (χ1n) is 9.01. The van der Waals surface area contributed by atoms with Gasteiger partial charge in [0.2, 0.25) is 0 Å². The molecule has 0 spiro atoms. The van der Waals surface area contributed by atoms with E-state index in [1.807, 2.05) is 89.9 Å². The maximum absolute atomic E-state index is 12.9. The molecule has 4 rings (SSSR count). The monoisotopic (exact) mass is 390 g/mol. The van der Waals surface area contributed by atoms with Gasteiger partial charge in [-0.2, -0.15) is 5.10 Å². The molecular weight excluding hydrogens is 372 g/mol. The third kappa shape index (κ3) is 3.27. The molecule has 28 heavy (non-hydrogen) atoms. The summed E-state index contributed by atoms with van der Waals surface area (Å²) < 4.78 is 5.17. The number of hydrogen-bond donors (Lipinski definition) is 0. The van der Waals surface area contributed by atoms with Crippen molar-refractivity contribution in [3.8, 4) is 0 Å². The number of carbonyl (C=O) groups excluding carboxylic acids is 1. The van der Waals surface area contributed by atoms with Crippen LogP contribution in [0.5, 0.6) is 0 Å². The number of methoxy groups -OCH3 is 1. The average Bonchev–Trinajstić information content (AvgIpc) is 3.15. The summed E-state index contributed by atoms with van der Waals surface area (Å²) >= 11 is 6.48. The van der Waals surface area contributed by atoms with Crippen LogP contribution in [0, 0.1) is 5.92 Å². The molecule has 2 atom stereocenters. The van der Waals surface area contributed by atoms with E-state index in [-0.39, 0.29) is 12.0 Å². The highest BCUT2D eigenvalue weighted by atomic mass is 35.5. The molecule has 1 heterocycles. The first-order valence-corrected chi connectivity index (χ1v) is 9.39. The van der Waals surface area contributed by atoms with Crippen molar-refractivity contribution in [3.05, 3.63) is 101 Å². The van der Waals surface area contributed by atoms with Crippen molar-refractivity contribution in [2.45, 2.75) is 6.04 Å². The standard InChI is InChI=1S/C23H19ClN2O2/c1-28-23(27)20-21(16-10-4-2-5-11-16)25-26(19-15-9-8-14-18(19)24)22(20)17-12-6-3-7-13-17/h2-15,20,22H,1H3/t20-,22+/m0/s1. The first-order chi connectivity index (χ1) is 13.7. The van der Waals surface area contributed by atoms with E-state index in [1.165, 1.54) is 7.11 Å². The highest BCUT2D eigenvalue weighted by Crippen LogP contribution is 2.43. The van der Waals surface area contributed by atoms with Gasteiger partial charge in [-0.1, -0.05) is 84.4 Å². The van der Waals surface area contributed by atoms with Gasteiger partial charge in [0.25, 0.3) is 0 Å². The zero-order valence-electron chi connectivity index (χ0n) is 15.3. The van der Waals surface area contributed by atoms with Gasteiger partial charge >= 0.3 is 5.97 Å². The summed E-state index contributed by atoms with van der Waals surface area (Å²) in [6.45, 7) is 0.